The highest BCUT2D eigenvalue weighted by Gasteiger charge is 2.22. The molecule has 2 aromatic carbocycles. The highest BCUT2D eigenvalue weighted by molar-refractivity contribution is 5.76. The van der Waals surface area contributed by atoms with Crippen molar-refractivity contribution in [2.75, 3.05) is 0 Å². The Morgan fingerprint density at radius 3 is 2.36 bits per heavy atom. The Morgan fingerprint density at radius 1 is 0.880 bits per heavy atom. The van der Waals surface area contributed by atoms with Gasteiger partial charge in [0.2, 0.25) is 5.82 Å². The molecule has 0 bridgehead atoms. The molecule has 2 heterocycles. The van der Waals surface area contributed by atoms with Gasteiger partial charge in [-0.15, -0.1) is 0 Å². The van der Waals surface area contributed by atoms with Crippen molar-refractivity contribution >= 4 is 0 Å². The molecule has 0 aliphatic heterocycles. The van der Waals surface area contributed by atoms with E-state index in [2.05, 4.69) is 15.3 Å². The summed E-state index contributed by atoms with van der Waals surface area (Å²) in [6.07, 6.45) is 0. The minimum atomic E-state index is 0.221. The summed E-state index contributed by atoms with van der Waals surface area (Å²) in [6, 6.07) is 19.2. The molecule has 0 radical (unpaired) electrons. The van der Waals surface area contributed by atoms with Crippen LogP contribution in [0.4, 0.5) is 0 Å². The lowest BCUT2D eigenvalue weighted by molar-refractivity contribution is 0.287. The predicted octanol–water partition coefficient (Wildman–Crippen LogP) is 4.28. The highest BCUT2D eigenvalue weighted by Crippen LogP contribution is 2.33. The van der Waals surface area contributed by atoms with Crippen LogP contribution in [0.25, 0.3) is 22.8 Å². The van der Waals surface area contributed by atoms with Gasteiger partial charge in [0.1, 0.15) is 11.3 Å². The summed E-state index contributed by atoms with van der Waals surface area (Å²) in [5.41, 5.74) is 2.29. The SMILES string of the molecule is Cc1noc(-c2ccccc2)c1-c1nc(COc2ccccc2)no1. The van der Waals surface area contributed by atoms with E-state index in [-0.39, 0.29) is 6.61 Å². The molecule has 0 amide bonds. The zero-order valence-electron chi connectivity index (χ0n) is 13.5. The summed E-state index contributed by atoms with van der Waals surface area (Å²) in [5, 5.41) is 8.02. The molecular weight excluding hydrogens is 318 g/mol. The van der Waals surface area contributed by atoms with Crippen molar-refractivity contribution in [1.82, 2.24) is 15.3 Å². The number of hydrogen-bond donors (Lipinski definition) is 0. The molecule has 0 spiro atoms. The van der Waals surface area contributed by atoms with Crippen LogP contribution < -0.4 is 4.74 Å². The molecule has 124 valence electrons. The van der Waals surface area contributed by atoms with Gasteiger partial charge in [-0.2, -0.15) is 4.98 Å². The van der Waals surface area contributed by atoms with E-state index in [9.17, 15) is 0 Å². The number of rotatable bonds is 5. The van der Waals surface area contributed by atoms with Gasteiger partial charge in [-0.25, -0.2) is 0 Å². The molecule has 0 N–H and O–H groups in total. The van der Waals surface area contributed by atoms with E-state index in [1.54, 1.807) is 0 Å². The maximum Gasteiger partial charge on any atom is 0.263 e. The Hall–Kier alpha value is -3.41. The van der Waals surface area contributed by atoms with Gasteiger partial charge in [0.05, 0.1) is 5.69 Å². The summed E-state index contributed by atoms with van der Waals surface area (Å²) >= 11 is 0. The fourth-order valence-electron chi connectivity index (χ4n) is 2.49. The van der Waals surface area contributed by atoms with E-state index in [0.29, 0.717) is 28.7 Å². The van der Waals surface area contributed by atoms with Crippen LogP contribution in [0.1, 0.15) is 11.5 Å². The zero-order chi connectivity index (χ0) is 17.1. The van der Waals surface area contributed by atoms with Gasteiger partial charge in [0.15, 0.2) is 12.4 Å². The van der Waals surface area contributed by atoms with E-state index in [0.717, 1.165) is 11.3 Å². The van der Waals surface area contributed by atoms with Crippen LogP contribution in [-0.2, 0) is 6.61 Å². The lowest BCUT2D eigenvalue weighted by atomic mass is 10.1. The monoisotopic (exact) mass is 333 g/mol. The van der Waals surface area contributed by atoms with E-state index in [4.69, 9.17) is 13.8 Å². The Balaban J connectivity index is 1.59. The predicted molar refractivity (Wildman–Crippen MR) is 90.7 cm³/mol. The Bertz CT molecular complexity index is 962. The molecule has 2 aromatic heterocycles. The molecule has 4 rings (SSSR count). The molecule has 0 saturated carbocycles. The Labute approximate surface area is 144 Å². The van der Waals surface area contributed by atoms with Gasteiger partial charge in [0, 0.05) is 5.56 Å². The molecule has 6 nitrogen and oxygen atoms in total. The molecule has 25 heavy (non-hydrogen) atoms. The summed E-state index contributed by atoms with van der Waals surface area (Å²) in [4.78, 5) is 4.41. The zero-order valence-corrected chi connectivity index (χ0v) is 13.5. The van der Waals surface area contributed by atoms with Crippen LogP contribution in [0.2, 0.25) is 0 Å². The van der Waals surface area contributed by atoms with Crippen LogP contribution in [0, 0.1) is 6.92 Å². The fourth-order valence-corrected chi connectivity index (χ4v) is 2.49. The lowest BCUT2D eigenvalue weighted by Gasteiger charge is -2.01. The normalized spacial score (nSPS) is 10.8. The first-order valence-electron chi connectivity index (χ1n) is 7.84. The quantitative estimate of drug-likeness (QED) is 0.543. The molecule has 0 aliphatic rings. The van der Waals surface area contributed by atoms with Gasteiger partial charge >= 0.3 is 0 Å². The number of hydrogen-bond acceptors (Lipinski definition) is 6. The third kappa shape index (κ3) is 3.14. The lowest BCUT2D eigenvalue weighted by Crippen LogP contribution is -1.97. The average Bonchev–Trinajstić information content (AvgIpc) is 3.28. The first kappa shape index (κ1) is 15.1. The van der Waals surface area contributed by atoms with Crippen molar-refractivity contribution in [2.24, 2.45) is 0 Å². The third-order valence-electron chi connectivity index (χ3n) is 3.69. The second kappa shape index (κ2) is 6.60. The first-order chi connectivity index (χ1) is 12.3. The minimum Gasteiger partial charge on any atom is -0.485 e. The number of benzene rings is 2. The van der Waals surface area contributed by atoms with Gasteiger partial charge in [-0.1, -0.05) is 58.8 Å². The number of para-hydroxylation sites is 1. The van der Waals surface area contributed by atoms with Crippen LogP contribution in [0.3, 0.4) is 0 Å². The molecule has 6 heteroatoms. The smallest absolute Gasteiger partial charge is 0.263 e. The topological polar surface area (TPSA) is 74.2 Å². The van der Waals surface area contributed by atoms with Crippen LogP contribution in [0.5, 0.6) is 5.75 Å². The summed E-state index contributed by atoms with van der Waals surface area (Å²) in [7, 11) is 0. The summed E-state index contributed by atoms with van der Waals surface area (Å²) in [5.74, 6) is 2.18. The Morgan fingerprint density at radius 2 is 1.60 bits per heavy atom. The van der Waals surface area contributed by atoms with Gasteiger partial charge < -0.3 is 13.8 Å². The van der Waals surface area contributed by atoms with E-state index in [1.807, 2.05) is 67.6 Å². The van der Waals surface area contributed by atoms with Gasteiger partial charge in [-0.05, 0) is 19.1 Å². The van der Waals surface area contributed by atoms with E-state index in [1.165, 1.54) is 0 Å². The van der Waals surface area contributed by atoms with Gasteiger partial charge in [0.25, 0.3) is 5.89 Å². The molecule has 4 aromatic rings. The van der Waals surface area contributed by atoms with Crippen molar-refractivity contribution in [3.05, 3.63) is 72.2 Å². The highest BCUT2D eigenvalue weighted by atomic mass is 16.5. The number of aromatic nitrogens is 3. The van der Waals surface area contributed by atoms with Crippen molar-refractivity contribution in [2.45, 2.75) is 13.5 Å². The standard InChI is InChI=1S/C19H15N3O3/c1-13-17(18(24-21-13)14-8-4-2-5-9-14)19-20-16(22-25-19)12-23-15-10-6-3-7-11-15/h2-11H,12H2,1H3. The molecule has 0 aliphatic carbocycles. The maximum absolute atomic E-state index is 5.64. The molecule has 0 fully saturated rings. The molecule has 0 unspecified atom stereocenters. The number of nitrogens with zero attached hydrogens (tertiary/aromatic N) is 3. The molecule has 0 atom stereocenters. The summed E-state index contributed by atoms with van der Waals surface area (Å²) in [6.45, 7) is 2.06. The van der Waals surface area contributed by atoms with Crippen molar-refractivity contribution in [3.63, 3.8) is 0 Å². The van der Waals surface area contributed by atoms with E-state index < -0.39 is 0 Å². The van der Waals surface area contributed by atoms with Gasteiger partial charge in [-0.3, -0.25) is 0 Å². The second-order valence-electron chi connectivity index (χ2n) is 5.46. The third-order valence-corrected chi connectivity index (χ3v) is 3.69. The van der Waals surface area contributed by atoms with Crippen LogP contribution in [0.15, 0.2) is 69.7 Å². The van der Waals surface area contributed by atoms with Crippen LogP contribution in [-0.4, -0.2) is 15.3 Å². The van der Waals surface area contributed by atoms with Crippen molar-refractivity contribution < 1.29 is 13.8 Å². The maximum atomic E-state index is 5.64. The molecular formula is C19H15N3O3. The van der Waals surface area contributed by atoms with Crippen LogP contribution >= 0.6 is 0 Å². The number of aryl methyl sites for hydroxylation is 1. The first-order valence-corrected chi connectivity index (χ1v) is 7.84. The van der Waals surface area contributed by atoms with E-state index >= 15 is 0 Å². The minimum absolute atomic E-state index is 0.221. The Kier molecular flexibility index (Phi) is 4.00. The number of ether oxygens (including phenoxy) is 1. The largest absolute Gasteiger partial charge is 0.485 e. The molecule has 0 saturated heterocycles. The second-order valence-corrected chi connectivity index (χ2v) is 5.46. The average molecular weight is 333 g/mol. The summed E-state index contributed by atoms with van der Waals surface area (Å²) < 4.78 is 16.5. The van der Waals surface area contributed by atoms with Crippen molar-refractivity contribution in [3.8, 4) is 28.5 Å². The fraction of sp³-hybridized carbons (Fsp3) is 0.105. The van der Waals surface area contributed by atoms with Crippen molar-refractivity contribution in [1.29, 1.82) is 0 Å².